The van der Waals surface area contributed by atoms with Crippen LogP contribution in [0.5, 0.6) is 0 Å². The summed E-state index contributed by atoms with van der Waals surface area (Å²) in [5.74, 6) is 0. The molecule has 0 aliphatic carbocycles. The lowest BCUT2D eigenvalue weighted by Crippen LogP contribution is -1.87. The summed E-state index contributed by atoms with van der Waals surface area (Å²) in [4.78, 5) is 4.43. The van der Waals surface area contributed by atoms with Crippen LogP contribution < -0.4 is 0 Å². The fraction of sp³-hybridized carbons (Fsp3) is 0.476. The van der Waals surface area contributed by atoms with Crippen molar-refractivity contribution in [1.82, 2.24) is 0 Å². The average Bonchev–Trinajstić information content (AvgIpc) is 2.54. The lowest BCUT2D eigenvalue weighted by Gasteiger charge is -2.02. The van der Waals surface area contributed by atoms with Gasteiger partial charge in [-0.2, -0.15) is 0 Å². The van der Waals surface area contributed by atoms with E-state index < -0.39 is 0 Å². The third-order valence-corrected chi connectivity index (χ3v) is 3.72. The van der Waals surface area contributed by atoms with Gasteiger partial charge in [0.2, 0.25) is 0 Å². The summed E-state index contributed by atoms with van der Waals surface area (Å²) in [6.45, 7) is 5.10. The van der Waals surface area contributed by atoms with Crippen LogP contribution in [0.4, 0.5) is 0 Å². The SMILES string of the molecule is C\C=C/C(C)=C\C=N\CCCCCCCCc1ccccc1. The Labute approximate surface area is 136 Å². The topological polar surface area (TPSA) is 12.4 Å². The molecule has 1 heteroatoms. The molecule has 22 heavy (non-hydrogen) atoms. The molecule has 0 spiro atoms. The van der Waals surface area contributed by atoms with E-state index in [1.807, 2.05) is 13.1 Å². The van der Waals surface area contributed by atoms with Crippen molar-refractivity contribution < 1.29 is 0 Å². The first-order valence-corrected chi connectivity index (χ1v) is 8.66. The zero-order valence-electron chi connectivity index (χ0n) is 14.3. The van der Waals surface area contributed by atoms with Gasteiger partial charge in [-0.25, -0.2) is 0 Å². The van der Waals surface area contributed by atoms with E-state index in [-0.39, 0.29) is 0 Å². The van der Waals surface area contributed by atoms with Gasteiger partial charge in [-0.3, -0.25) is 4.99 Å². The van der Waals surface area contributed by atoms with Crippen molar-refractivity contribution in [2.75, 3.05) is 6.54 Å². The number of rotatable bonds is 11. The van der Waals surface area contributed by atoms with Gasteiger partial charge >= 0.3 is 0 Å². The second kappa shape index (κ2) is 13.1. The highest BCUT2D eigenvalue weighted by molar-refractivity contribution is 5.72. The number of nitrogens with zero attached hydrogens (tertiary/aromatic N) is 1. The summed E-state index contributed by atoms with van der Waals surface area (Å²) in [6.07, 6.45) is 17.3. The van der Waals surface area contributed by atoms with Gasteiger partial charge in [0, 0.05) is 12.8 Å². The van der Waals surface area contributed by atoms with E-state index in [0.717, 1.165) is 6.54 Å². The Hall–Kier alpha value is -1.63. The number of aliphatic imine (C=N–C) groups is 1. The lowest BCUT2D eigenvalue weighted by molar-refractivity contribution is 0.598. The Kier molecular flexibility index (Phi) is 10.9. The van der Waals surface area contributed by atoms with E-state index in [1.54, 1.807) is 0 Å². The monoisotopic (exact) mass is 297 g/mol. The maximum Gasteiger partial charge on any atom is 0.0389 e. The van der Waals surface area contributed by atoms with Gasteiger partial charge < -0.3 is 0 Å². The largest absolute Gasteiger partial charge is 0.293 e. The van der Waals surface area contributed by atoms with Crippen LogP contribution in [0, 0.1) is 0 Å². The van der Waals surface area contributed by atoms with Gasteiger partial charge in [-0.1, -0.05) is 68.2 Å². The van der Waals surface area contributed by atoms with Crippen molar-refractivity contribution >= 4 is 6.21 Å². The van der Waals surface area contributed by atoms with Crippen LogP contribution in [-0.4, -0.2) is 12.8 Å². The summed E-state index contributed by atoms with van der Waals surface area (Å²) >= 11 is 0. The van der Waals surface area contributed by atoms with Crippen LogP contribution in [0.3, 0.4) is 0 Å². The third kappa shape index (κ3) is 10.1. The van der Waals surface area contributed by atoms with Crippen molar-refractivity contribution in [2.45, 2.75) is 58.8 Å². The van der Waals surface area contributed by atoms with Crippen LogP contribution in [-0.2, 0) is 6.42 Å². The van der Waals surface area contributed by atoms with Crippen molar-refractivity contribution in [2.24, 2.45) is 4.99 Å². The van der Waals surface area contributed by atoms with Crippen molar-refractivity contribution in [3.63, 3.8) is 0 Å². The molecular weight excluding hydrogens is 266 g/mol. The molecule has 0 N–H and O–H groups in total. The molecule has 0 saturated carbocycles. The Morgan fingerprint density at radius 2 is 1.64 bits per heavy atom. The van der Waals surface area contributed by atoms with Gasteiger partial charge in [-0.05, 0) is 50.3 Å². The number of benzene rings is 1. The summed E-state index contributed by atoms with van der Waals surface area (Å²) in [5, 5.41) is 0. The smallest absolute Gasteiger partial charge is 0.0389 e. The van der Waals surface area contributed by atoms with Crippen molar-refractivity contribution in [3.8, 4) is 0 Å². The minimum absolute atomic E-state index is 0.962. The highest BCUT2D eigenvalue weighted by Gasteiger charge is 1.93. The zero-order chi connectivity index (χ0) is 15.9. The molecule has 1 rings (SSSR count). The van der Waals surface area contributed by atoms with E-state index >= 15 is 0 Å². The molecule has 1 aromatic rings. The summed E-state index contributed by atoms with van der Waals surface area (Å²) < 4.78 is 0. The van der Waals surface area contributed by atoms with E-state index in [4.69, 9.17) is 0 Å². The molecule has 0 heterocycles. The fourth-order valence-electron chi connectivity index (χ4n) is 2.45. The highest BCUT2D eigenvalue weighted by Crippen LogP contribution is 2.09. The third-order valence-electron chi connectivity index (χ3n) is 3.72. The maximum atomic E-state index is 4.43. The number of hydrogen-bond acceptors (Lipinski definition) is 1. The second-order valence-corrected chi connectivity index (χ2v) is 5.82. The van der Waals surface area contributed by atoms with Crippen LogP contribution in [0.2, 0.25) is 0 Å². The average molecular weight is 297 g/mol. The summed E-state index contributed by atoms with van der Waals surface area (Å²) in [5.41, 5.74) is 2.72. The predicted molar refractivity (Wildman–Crippen MR) is 99.8 cm³/mol. The molecule has 0 aliphatic rings. The molecule has 0 radical (unpaired) electrons. The van der Waals surface area contributed by atoms with Gasteiger partial charge in [0.25, 0.3) is 0 Å². The summed E-state index contributed by atoms with van der Waals surface area (Å²) in [7, 11) is 0. The minimum atomic E-state index is 0.962. The van der Waals surface area contributed by atoms with Crippen LogP contribution in [0.1, 0.15) is 57.9 Å². The van der Waals surface area contributed by atoms with Gasteiger partial charge in [0.1, 0.15) is 0 Å². The standard InChI is InChI=1S/C21H31N/c1-3-13-20(2)17-19-22-18-12-7-5-4-6-9-14-21-15-10-8-11-16-21/h3,8,10-11,13,15-17,19H,4-7,9,12,14,18H2,1-2H3/b13-3-,20-17-,22-19+. The van der Waals surface area contributed by atoms with Crippen molar-refractivity contribution in [3.05, 3.63) is 59.7 Å². The maximum absolute atomic E-state index is 4.43. The zero-order valence-corrected chi connectivity index (χ0v) is 14.3. The second-order valence-electron chi connectivity index (χ2n) is 5.82. The highest BCUT2D eigenvalue weighted by atomic mass is 14.7. The first kappa shape index (κ1) is 18.4. The molecule has 0 fully saturated rings. The molecule has 0 atom stereocenters. The minimum Gasteiger partial charge on any atom is -0.293 e. The molecule has 0 aliphatic heterocycles. The van der Waals surface area contributed by atoms with Gasteiger partial charge in [0.15, 0.2) is 0 Å². The van der Waals surface area contributed by atoms with E-state index in [1.165, 1.54) is 56.1 Å². The Bertz CT molecular complexity index is 454. The number of aryl methyl sites for hydroxylation is 1. The first-order chi connectivity index (χ1) is 10.8. The first-order valence-electron chi connectivity index (χ1n) is 8.66. The summed E-state index contributed by atoms with van der Waals surface area (Å²) in [6, 6.07) is 10.8. The van der Waals surface area contributed by atoms with Crippen LogP contribution >= 0.6 is 0 Å². The Balaban J connectivity index is 1.91. The molecule has 0 bridgehead atoms. The molecule has 1 nitrogen and oxygen atoms in total. The molecule has 0 amide bonds. The molecule has 0 saturated heterocycles. The molecule has 0 unspecified atom stereocenters. The number of unbranched alkanes of at least 4 members (excludes halogenated alkanes) is 5. The van der Waals surface area contributed by atoms with E-state index in [0.29, 0.717) is 0 Å². The molecular formula is C21H31N. The van der Waals surface area contributed by atoms with Crippen LogP contribution in [0.15, 0.2) is 59.1 Å². The molecule has 120 valence electrons. The quantitative estimate of drug-likeness (QED) is 0.263. The molecule has 0 aromatic heterocycles. The Morgan fingerprint density at radius 3 is 2.36 bits per heavy atom. The molecule has 1 aromatic carbocycles. The fourth-order valence-corrected chi connectivity index (χ4v) is 2.45. The van der Waals surface area contributed by atoms with Crippen LogP contribution in [0.25, 0.3) is 0 Å². The number of hydrogen-bond donors (Lipinski definition) is 0. The lowest BCUT2D eigenvalue weighted by atomic mass is 10.1. The van der Waals surface area contributed by atoms with Gasteiger partial charge in [0.05, 0.1) is 0 Å². The predicted octanol–water partition coefficient (Wildman–Crippen LogP) is 6.16. The van der Waals surface area contributed by atoms with Crippen molar-refractivity contribution in [1.29, 1.82) is 0 Å². The van der Waals surface area contributed by atoms with Gasteiger partial charge in [-0.15, -0.1) is 0 Å². The van der Waals surface area contributed by atoms with E-state index in [9.17, 15) is 0 Å². The number of allylic oxidation sites excluding steroid dienone is 4. The normalized spacial score (nSPS) is 12.5. The Morgan fingerprint density at radius 1 is 0.955 bits per heavy atom. The van der Waals surface area contributed by atoms with E-state index in [2.05, 4.69) is 60.5 Å².